The highest BCUT2D eigenvalue weighted by atomic mass is 19.1. The van der Waals surface area contributed by atoms with Gasteiger partial charge in [0.2, 0.25) is 5.91 Å². The van der Waals surface area contributed by atoms with Crippen LogP contribution in [0.3, 0.4) is 0 Å². The second-order valence-corrected chi connectivity index (χ2v) is 10.4. The van der Waals surface area contributed by atoms with Crippen molar-refractivity contribution in [2.75, 3.05) is 32.8 Å². The van der Waals surface area contributed by atoms with Gasteiger partial charge in [0.15, 0.2) is 5.82 Å². The number of nitrogens with zero attached hydrogens (tertiary/aromatic N) is 4. The summed E-state index contributed by atoms with van der Waals surface area (Å²) in [5.41, 5.74) is 0.171. The van der Waals surface area contributed by atoms with E-state index in [1.165, 1.54) is 29.2 Å². The molecule has 0 unspecified atom stereocenters. The monoisotopic (exact) mass is 557 g/mol. The molecule has 216 valence electrons. The number of hydrogen-bond donors (Lipinski definition) is 1. The molecular formula is C28H36FN5O6. The Labute approximate surface area is 233 Å². The first-order valence-corrected chi connectivity index (χ1v) is 13.2. The molecule has 0 radical (unpaired) electrons. The van der Waals surface area contributed by atoms with Crippen LogP contribution < -0.4 is 5.32 Å². The van der Waals surface area contributed by atoms with Gasteiger partial charge in [-0.15, -0.1) is 0 Å². The number of nitrogens with one attached hydrogen (secondary N) is 1. The molecule has 0 aliphatic carbocycles. The Morgan fingerprint density at radius 3 is 2.35 bits per heavy atom. The summed E-state index contributed by atoms with van der Waals surface area (Å²) in [4.78, 5) is 62.9. The first-order valence-electron chi connectivity index (χ1n) is 13.2. The Morgan fingerprint density at radius 1 is 1.05 bits per heavy atom. The average molecular weight is 558 g/mol. The molecule has 0 spiro atoms. The van der Waals surface area contributed by atoms with Crippen molar-refractivity contribution in [3.63, 3.8) is 0 Å². The average Bonchev–Trinajstić information content (AvgIpc) is 2.89. The third-order valence-corrected chi connectivity index (χ3v) is 5.95. The number of esters is 1. The molecule has 1 N–H and O–H groups in total. The molecule has 3 rings (SSSR count). The molecular weight excluding hydrogens is 521 g/mol. The van der Waals surface area contributed by atoms with Crippen molar-refractivity contribution in [3.05, 3.63) is 47.5 Å². The molecule has 1 saturated heterocycles. The van der Waals surface area contributed by atoms with Gasteiger partial charge in [-0.2, -0.15) is 0 Å². The van der Waals surface area contributed by atoms with Crippen LogP contribution >= 0.6 is 0 Å². The van der Waals surface area contributed by atoms with E-state index in [2.05, 4.69) is 15.3 Å². The highest BCUT2D eigenvalue weighted by Gasteiger charge is 2.32. The minimum absolute atomic E-state index is 0.00159. The Bertz CT molecular complexity index is 1240. The van der Waals surface area contributed by atoms with Crippen LogP contribution in [0.15, 0.2) is 30.3 Å². The SMILES string of the molecule is CCOC(=O)N1CCN(C(=O)[C@H](CCC(=O)OC(C)(C)C)NC(=O)c2cc(C)nc(-c3cccc(F)c3)n2)CC1. The van der Waals surface area contributed by atoms with Crippen molar-refractivity contribution >= 4 is 23.9 Å². The molecule has 1 aromatic carbocycles. The van der Waals surface area contributed by atoms with Gasteiger partial charge in [-0.05, 0) is 59.2 Å². The van der Waals surface area contributed by atoms with Crippen molar-refractivity contribution in [3.8, 4) is 11.4 Å². The van der Waals surface area contributed by atoms with Crippen LogP contribution in [-0.4, -0.2) is 88.1 Å². The first-order chi connectivity index (χ1) is 18.9. The number of carbonyl (C=O) groups is 4. The van der Waals surface area contributed by atoms with E-state index in [4.69, 9.17) is 9.47 Å². The summed E-state index contributed by atoms with van der Waals surface area (Å²) in [7, 11) is 0. The summed E-state index contributed by atoms with van der Waals surface area (Å²) in [6.45, 7) is 9.91. The second-order valence-electron chi connectivity index (χ2n) is 10.4. The minimum Gasteiger partial charge on any atom is -0.460 e. The zero-order chi connectivity index (χ0) is 29.4. The molecule has 2 aromatic rings. The number of amides is 3. The van der Waals surface area contributed by atoms with Crippen molar-refractivity contribution in [1.29, 1.82) is 0 Å². The Balaban J connectivity index is 1.78. The normalized spacial score (nSPS) is 14.3. The predicted molar refractivity (Wildman–Crippen MR) is 144 cm³/mol. The number of piperazine rings is 1. The van der Waals surface area contributed by atoms with Crippen LogP contribution in [0.1, 0.15) is 56.7 Å². The number of hydrogen-bond acceptors (Lipinski definition) is 8. The lowest BCUT2D eigenvalue weighted by molar-refractivity contribution is -0.155. The highest BCUT2D eigenvalue weighted by Crippen LogP contribution is 2.18. The Morgan fingerprint density at radius 2 is 1.73 bits per heavy atom. The third-order valence-electron chi connectivity index (χ3n) is 5.95. The maximum Gasteiger partial charge on any atom is 0.409 e. The largest absolute Gasteiger partial charge is 0.460 e. The number of aromatic nitrogens is 2. The van der Waals surface area contributed by atoms with E-state index in [1.807, 2.05) is 0 Å². The molecule has 0 bridgehead atoms. The Hall–Kier alpha value is -4.09. The zero-order valence-electron chi connectivity index (χ0n) is 23.5. The molecule has 3 amide bonds. The molecule has 1 aliphatic rings. The predicted octanol–water partition coefficient (Wildman–Crippen LogP) is 3.11. The quantitative estimate of drug-likeness (QED) is 0.490. The molecule has 40 heavy (non-hydrogen) atoms. The molecule has 1 fully saturated rings. The van der Waals surface area contributed by atoms with Crippen LogP contribution in [-0.2, 0) is 19.1 Å². The van der Waals surface area contributed by atoms with Gasteiger partial charge in [0.1, 0.15) is 23.2 Å². The van der Waals surface area contributed by atoms with Gasteiger partial charge < -0.3 is 24.6 Å². The lowest BCUT2D eigenvalue weighted by atomic mass is 10.1. The van der Waals surface area contributed by atoms with Crippen molar-refractivity contribution in [1.82, 2.24) is 25.1 Å². The number of benzene rings is 1. The fraction of sp³-hybridized carbons (Fsp3) is 0.500. The highest BCUT2D eigenvalue weighted by molar-refractivity contribution is 5.96. The summed E-state index contributed by atoms with van der Waals surface area (Å²) in [5.74, 6) is -1.84. The van der Waals surface area contributed by atoms with E-state index in [0.717, 1.165) is 0 Å². The zero-order valence-corrected chi connectivity index (χ0v) is 23.5. The number of aryl methyl sites for hydroxylation is 1. The van der Waals surface area contributed by atoms with E-state index in [-0.39, 0.29) is 57.1 Å². The van der Waals surface area contributed by atoms with Crippen molar-refractivity contribution in [2.45, 2.75) is 59.1 Å². The summed E-state index contributed by atoms with van der Waals surface area (Å²) in [6.07, 6.45) is -0.551. The number of carbonyl (C=O) groups excluding carboxylic acids is 4. The second kappa shape index (κ2) is 13.3. The van der Waals surface area contributed by atoms with Crippen LogP contribution in [0.5, 0.6) is 0 Å². The van der Waals surface area contributed by atoms with E-state index >= 15 is 0 Å². The molecule has 1 aromatic heterocycles. The fourth-order valence-corrected chi connectivity index (χ4v) is 4.13. The summed E-state index contributed by atoms with van der Waals surface area (Å²) in [5, 5.41) is 2.71. The number of ether oxygens (including phenoxy) is 2. The fourth-order valence-electron chi connectivity index (χ4n) is 4.13. The van der Waals surface area contributed by atoms with Gasteiger partial charge >= 0.3 is 12.1 Å². The van der Waals surface area contributed by atoms with Gasteiger partial charge in [-0.25, -0.2) is 19.2 Å². The lowest BCUT2D eigenvalue weighted by Gasteiger charge is -2.36. The van der Waals surface area contributed by atoms with E-state index < -0.39 is 41.3 Å². The molecule has 1 atom stereocenters. The third kappa shape index (κ3) is 8.72. The maximum absolute atomic E-state index is 13.8. The van der Waals surface area contributed by atoms with Gasteiger partial charge in [-0.3, -0.25) is 14.4 Å². The van der Waals surface area contributed by atoms with Crippen LogP contribution in [0.25, 0.3) is 11.4 Å². The van der Waals surface area contributed by atoms with E-state index in [9.17, 15) is 23.6 Å². The van der Waals surface area contributed by atoms with Crippen LogP contribution in [0.4, 0.5) is 9.18 Å². The summed E-state index contributed by atoms with van der Waals surface area (Å²) >= 11 is 0. The number of rotatable bonds is 8. The van der Waals surface area contributed by atoms with Crippen molar-refractivity contribution in [2.24, 2.45) is 0 Å². The minimum atomic E-state index is -1.05. The molecule has 12 heteroatoms. The molecule has 1 aliphatic heterocycles. The van der Waals surface area contributed by atoms with Crippen molar-refractivity contribution < 1.29 is 33.0 Å². The molecule has 0 saturated carbocycles. The topological polar surface area (TPSA) is 131 Å². The molecule has 11 nitrogen and oxygen atoms in total. The van der Waals surface area contributed by atoms with E-state index in [1.54, 1.807) is 45.6 Å². The van der Waals surface area contributed by atoms with Gasteiger partial charge in [-0.1, -0.05) is 12.1 Å². The Kier molecular flexibility index (Phi) is 10.1. The first kappa shape index (κ1) is 30.5. The van der Waals surface area contributed by atoms with E-state index in [0.29, 0.717) is 11.3 Å². The summed E-state index contributed by atoms with van der Waals surface area (Å²) in [6, 6.07) is 6.11. The standard InChI is InChI=1S/C28H36FN5O6/c1-6-39-27(38)34-14-12-33(13-15-34)26(37)21(10-11-23(35)40-28(3,4)5)32-25(36)22-16-18(2)30-24(31-22)19-8-7-9-20(29)17-19/h7-9,16-17,21H,6,10-15H2,1-5H3,(H,32,36)/t21-/m0/s1. The van der Waals surface area contributed by atoms with Gasteiger partial charge in [0, 0.05) is 43.9 Å². The van der Waals surface area contributed by atoms with Crippen LogP contribution in [0.2, 0.25) is 0 Å². The molecule has 2 heterocycles. The number of halogens is 1. The van der Waals surface area contributed by atoms with Gasteiger partial charge in [0.25, 0.3) is 5.91 Å². The van der Waals surface area contributed by atoms with Crippen LogP contribution in [0, 0.1) is 12.7 Å². The van der Waals surface area contributed by atoms with Gasteiger partial charge in [0.05, 0.1) is 6.61 Å². The lowest BCUT2D eigenvalue weighted by Crippen LogP contribution is -2.56. The summed E-state index contributed by atoms with van der Waals surface area (Å²) < 4.78 is 24.2. The smallest absolute Gasteiger partial charge is 0.409 e. The maximum atomic E-state index is 13.8.